The lowest BCUT2D eigenvalue weighted by Gasteiger charge is -2.10. The first-order valence-corrected chi connectivity index (χ1v) is 40.5. The molecule has 5 N–H and O–H groups in total. The molecule has 0 fully saturated rings. The summed E-state index contributed by atoms with van der Waals surface area (Å²) in [6.45, 7) is 5.93. The fourth-order valence-corrected chi connectivity index (χ4v) is 13.8. The van der Waals surface area contributed by atoms with Crippen molar-refractivity contribution in [1.82, 2.24) is 34.9 Å². The van der Waals surface area contributed by atoms with Crippen molar-refractivity contribution in [3.8, 4) is 113 Å². The number of hydrogen-bond acceptors (Lipinski definition) is 22. The topological polar surface area (TPSA) is 243 Å². The summed E-state index contributed by atoms with van der Waals surface area (Å²) < 4.78 is 288. The quantitative estimate of drug-likeness (QED) is 0.0445. The summed E-state index contributed by atoms with van der Waals surface area (Å²) in [6, 6.07) is 40.1. The number of ether oxygens (including phenoxy) is 10. The van der Waals surface area contributed by atoms with E-state index in [1.54, 1.807) is 56.4 Å². The smallest absolute Gasteiger partial charge is 0.395 e. The summed E-state index contributed by atoms with van der Waals surface area (Å²) in [5.74, 6) is -3.70. The molecular weight excluding hydrogens is 1870 g/mol. The molecular formula is C93H68Cl3F17N12O10. The second-order valence-corrected chi connectivity index (χ2v) is 30.7. The number of nitrogens with one attached hydrogen (secondary N) is 5. The number of pyridine rings is 3. The largest absolute Gasteiger partial charge is 0.586 e. The Hall–Kier alpha value is -14.7. The lowest BCUT2D eigenvalue weighted by Crippen LogP contribution is -2.25. The monoisotopic (exact) mass is 1940 g/mol. The van der Waals surface area contributed by atoms with Crippen molar-refractivity contribution in [1.29, 1.82) is 0 Å². The highest BCUT2D eigenvalue weighted by Crippen LogP contribution is 2.51. The van der Waals surface area contributed by atoms with Crippen LogP contribution in [0.3, 0.4) is 0 Å². The van der Waals surface area contributed by atoms with E-state index in [-0.39, 0.29) is 134 Å². The highest BCUT2D eigenvalue weighted by molar-refractivity contribution is 6.34. The molecule has 0 saturated carbocycles. The molecule has 0 atom stereocenters. The van der Waals surface area contributed by atoms with Gasteiger partial charge in [0.25, 0.3) is 0 Å². The normalized spacial score (nSPS) is 14.6. The molecule has 5 aliphatic heterocycles. The van der Waals surface area contributed by atoms with Gasteiger partial charge in [0.2, 0.25) is 0 Å². The molecule has 0 saturated heterocycles. The number of alkyl halides is 10. The van der Waals surface area contributed by atoms with Crippen LogP contribution in [0.5, 0.6) is 57.5 Å². The second-order valence-electron chi connectivity index (χ2n) is 29.4. The molecule has 0 aliphatic carbocycles. The van der Waals surface area contributed by atoms with E-state index in [2.05, 4.69) is 123 Å². The van der Waals surface area contributed by atoms with E-state index in [4.69, 9.17) is 37.5 Å². The fraction of sp³-hybridized carbons (Fsp3) is 0.172. The van der Waals surface area contributed by atoms with Gasteiger partial charge < -0.3 is 74.0 Å². The van der Waals surface area contributed by atoms with E-state index >= 15 is 0 Å². The van der Waals surface area contributed by atoms with Gasteiger partial charge in [-0.1, -0.05) is 92.5 Å². The van der Waals surface area contributed by atoms with E-state index in [9.17, 15) is 74.6 Å². The Morgan fingerprint density at radius 2 is 0.593 bits per heavy atom. The molecule has 0 radical (unpaired) electrons. The minimum absolute atomic E-state index is 0. The van der Waals surface area contributed by atoms with Crippen LogP contribution in [-0.2, 0) is 26.1 Å². The Labute approximate surface area is 773 Å². The molecule has 135 heavy (non-hydrogen) atoms. The third-order valence-corrected chi connectivity index (χ3v) is 20.4. The van der Waals surface area contributed by atoms with E-state index in [1.165, 1.54) is 134 Å². The molecule has 0 amide bonds. The first-order chi connectivity index (χ1) is 64.4. The summed E-state index contributed by atoms with van der Waals surface area (Å²) in [4.78, 5) is 29.2. The molecule has 5 aliphatic rings. The lowest BCUT2D eigenvalue weighted by molar-refractivity contribution is -0.287. The van der Waals surface area contributed by atoms with Crippen LogP contribution >= 0.6 is 34.8 Å². The number of fused-ring (bicyclic) bond motifs is 5. The standard InChI is InChI=1S/2C20H14F4N2O2.C18H10ClF4N3O2.C18H11ClF3N3O2.C16H15ClF2N2O2.CH4/c2*1-11-7-17-18(28-20(23,24)27-17)8-13(11)12-5-6-19(25-9-12)26-10-14-15(21)3-2-4-16(14)22;19-11-5-16-15(27-18(22,23)28-16)4-9(11)14-7-26-17(8-24-14)25-6-10-12(20)2-1-3-13(10)21;19-12-6-16-15(26-18(21,22)27-16)5-11(12)14-8-25-17(9-23-14)24-7-10-3-1-2-4-13(10)20;1-9(2)7-20-15-4-3-10(8-21-15)11-5-13-14(6-12(11)17)23-16(18,19)22-13;/h2*2-9H,10H2,1H3,(H,25,26);1-5,7-8H,6H2,(H,25,26);1-6,8-9H,7H2,(H,24,25);3-6,8-9H,7H2,1-2H3,(H,20,21);1H4/i10D2;;;;;. The number of aryl methyl sites for hydroxylation is 2. The molecule has 10 heterocycles. The SMILES string of the molecule is C.CC(C)CNc1ccc(-c2cc3c(cc2Cl)OC(F)(F)O3)cn1.Cc1cc2c(cc1-c1ccc(NCc3c(F)cccc3F)nc1)OC(F)(F)O2.Fc1cccc(F)c1CNc1cnc(-c2cc3c(cc2Cl)OC(F)(F)O3)cn1.Fc1ccccc1CNc1cnc(-c2cc3c(cc2Cl)OC(F)(F)O3)cn1.[2H]C([2H])(Nc1ccc(-c2cc3c(cc2C)OC(F)(F)O3)cn1)c1c(F)cccc1F. The van der Waals surface area contributed by atoms with E-state index in [0.29, 0.717) is 84.4 Å². The number of anilines is 5. The average Bonchev–Trinajstić information content (AvgIpc) is 1.62. The summed E-state index contributed by atoms with van der Waals surface area (Å²) >= 11 is 18.4. The van der Waals surface area contributed by atoms with Crippen molar-refractivity contribution < 1.29 is 125 Å². The average molecular weight is 1940 g/mol. The molecule has 700 valence electrons. The Balaban J connectivity index is 0.000000137. The van der Waals surface area contributed by atoms with Gasteiger partial charge in [0.15, 0.2) is 57.5 Å². The Bertz CT molecular complexity index is 6570. The molecule has 0 spiro atoms. The van der Waals surface area contributed by atoms with Gasteiger partial charge in [0.05, 0.1) is 54.0 Å². The maximum atomic E-state index is 13.9. The van der Waals surface area contributed by atoms with Gasteiger partial charge in [-0.2, -0.15) is 0 Å². The van der Waals surface area contributed by atoms with Crippen LogP contribution in [0.15, 0.2) is 219 Å². The van der Waals surface area contributed by atoms with Gasteiger partial charge in [-0.3, -0.25) is 9.97 Å². The van der Waals surface area contributed by atoms with Crippen molar-refractivity contribution in [3.63, 3.8) is 0 Å². The number of benzene rings is 9. The highest BCUT2D eigenvalue weighted by Gasteiger charge is 2.48. The predicted octanol–water partition coefficient (Wildman–Crippen LogP) is 25.8. The summed E-state index contributed by atoms with van der Waals surface area (Å²) in [7, 11) is 0. The van der Waals surface area contributed by atoms with Gasteiger partial charge in [0.1, 0.15) is 69.8 Å². The molecule has 42 heteroatoms. The van der Waals surface area contributed by atoms with Gasteiger partial charge in [0, 0.05) is 125 Å². The minimum Gasteiger partial charge on any atom is -0.395 e. The maximum absolute atomic E-state index is 13.9. The number of nitrogens with zero attached hydrogens (tertiary/aromatic N) is 7. The summed E-state index contributed by atoms with van der Waals surface area (Å²) in [6.07, 6.45) is -8.50. The molecule has 0 bridgehead atoms. The van der Waals surface area contributed by atoms with E-state index in [1.807, 2.05) is 12.1 Å². The highest BCUT2D eigenvalue weighted by atomic mass is 35.5. The number of rotatable bonds is 20. The first-order valence-electron chi connectivity index (χ1n) is 40.4. The number of aromatic nitrogens is 7. The fourth-order valence-electron chi connectivity index (χ4n) is 13.0. The maximum Gasteiger partial charge on any atom is 0.586 e. The molecule has 9 aromatic carbocycles. The van der Waals surface area contributed by atoms with Crippen molar-refractivity contribution in [2.45, 2.75) is 92.7 Å². The molecule has 19 rings (SSSR count). The predicted molar refractivity (Wildman–Crippen MR) is 464 cm³/mol. The zero-order valence-corrected chi connectivity index (χ0v) is 71.2. The van der Waals surface area contributed by atoms with Crippen LogP contribution in [0, 0.1) is 60.5 Å². The van der Waals surface area contributed by atoms with Crippen molar-refractivity contribution in [3.05, 3.63) is 308 Å². The van der Waals surface area contributed by atoms with Crippen LogP contribution in [0.1, 0.15) is 57.4 Å². The molecule has 14 aromatic rings. The van der Waals surface area contributed by atoms with Gasteiger partial charge >= 0.3 is 31.5 Å². The van der Waals surface area contributed by atoms with Crippen LogP contribution in [0.4, 0.5) is 104 Å². The Morgan fingerprint density at radius 1 is 0.304 bits per heavy atom. The minimum atomic E-state index is -3.76. The third-order valence-electron chi connectivity index (χ3n) is 19.5. The zero-order chi connectivity index (χ0) is 97.1. The molecule has 0 unspecified atom stereocenters. The summed E-state index contributed by atoms with van der Waals surface area (Å²) in [5.41, 5.74) is 5.83. The van der Waals surface area contributed by atoms with Gasteiger partial charge in [-0.15, -0.1) is 43.9 Å². The number of hydrogen-bond donors (Lipinski definition) is 5. The zero-order valence-electron chi connectivity index (χ0n) is 71.0. The molecule has 5 aromatic heterocycles. The third kappa shape index (κ3) is 23.7. The van der Waals surface area contributed by atoms with Gasteiger partial charge in [-0.05, 0) is 163 Å². The van der Waals surface area contributed by atoms with Crippen LogP contribution < -0.4 is 74.0 Å². The van der Waals surface area contributed by atoms with E-state index in [0.717, 1.165) is 42.7 Å². The van der Waals surface area contributed by atoms with Gasteiger partial charge in [-0.25, -0.2) is 55.7 Å². The Kier molecular flexibility index (Phi) is 27.7. The number of halogens is 20. The lowest BCUT2D eigenvalue weighted by atomic mass is 10.0. The molecule has 22 nitrogen and oxygen atoms in total. The van der Waals surface area contributed by atoms with Crippen LogP contribution in [0.2, 0.25) is 15.1 Å². The van der Waals surface area contributed by atoms with Crippen molar-refractivity contribution >= 4 is 63.9 Å². The Morgan fingerprint density at radius 3 is 0.941 bits per heavy atom. The van der Waals surface area contributed by atoms with E-state index < -0.39 is 78.4 Å². The first kappa shape index (κ1) is 93.5. The second kappa shape index (κ2) is 40.0. The van der Waals surface area contributed by atoms with Crippen molar-refractivity contribution in [2.75, 3.05) is 33.1 Å². The van der Waals surface area contributed by atoms with Crippen LogP contribution in [-0.4, -0.2) is 72.9 Å². The van der Waals surface area contributed by atoms with Crippen molar-refractivity contribution in [2.24, 2.45) is 5.92 Å². The summed E-state index contributed by atoms with van der Waals surface area (Å²) in [5, 5.41) is 14.7. The van der Waals surface area contributed by atoms with Crippen LogP contribution in [0.25, 0.3) is 55.9 Å².